The van der Waals surface area contributed by atoms with Crippen molar-refractivity contribution in [1.29, 1.82) is 0 Å². The molecule has 0 saturated heterocycles. The summed E-state index contributed by atoms with van der Waals surface area (Å²) in [5.41, 5.74) is 1.08. The van der Waals surface area contributed by atoms with Crippen molar-refractivity contribution in [2.75, 3.05) is 0 Å². The summed E-state index contributed by atoms with van der Waals surface area (Å²) < 4.78 is 25.9. The topological polar surface area (TPSA) is 63.2 Å². The van der Waals surface area contributed by atoms with E-state index in [0.717, 1.165) is 10.0 Å². The van der Waals surface area contributed by atoms with Crippen molar-refractivity contribution in [3.8, 4) is 0 Å². The van der Waals surface area contributed by atoms with Crippen molar-refractivity contribution in [2.24, 2.45) is 0 Å². The molecule has 0 aliphatic carbocycles. The summed E-state index contributed by atoms with van der Waals surface area (Å²) in [6, 6.07) is 5.14. The van der Waals surface area contributed by atoms with Gasteiger partial charge in [-0.1, -0.05) is 22.0 Å². The van der Waals surface area contributed by atoms with E-state index in [1.807, 2.05) is 0 Å². The van der Waals surface area contributed by atoms with Crippen molar-refractivity contribution in [2.45, 2.75) is 26.0 Å². The average molecular weight is 320 g/mol. The second-order valence-corrected chi connectivity index (χ2v) is 7.14. The highest BCUT2D eigenvalue weighted by atomic mass is 79.9. The summed E-state index contributed by atoms with van der Waals surface area (Å²) in [4.78, 5) is 11.8. The second kappa shape index (κ2) is 5.18. The fourth-order valence-electron chi connectivity index (χ4n) is 1.14. The largest absolute Gasteiger partial charge is 0.268 e. The molecule has 0 spiro atoms. The number of aryl methyl sites for hydroxylation is 1. The number of benzene rings is 1. The molecule has 1 aromatic rings. The molecular formula is C11H14BrNO3S. The minimum atomic E-state index is -3.59. The van der Waals surface area contributed by atoms with Crippen LogP contribution in [0.3, 0.4) is 0 Å². The van der Waals surface area contributed by atoms with Crippen LogP contribution in [0, 0.1) is 6.92 Å². The Kier molecular flexibility index (Phi) is 4.32. The van der Waals surface area contributed by atoms with Crippen LogP contribution in [0.4, 0.5) is 0 Å². The Morgan fingerprint density at radius 2 is 1.94 bits per heavy atom. The second-order valence-electron chi connectivity index (χ2n) is 3.98. The molecule has 0 atom stereocenters. The van der Waals surface area contributed by atoms with Crippen LogP contribution in [0.5, 0.6) is 0 Å². The van der Waals surface area contributed by atoms with Gasteiger partial charge in [-0.2, -0.15) is 0 Å². The van der Waals surface area contributed by atoms with Gasteiger partial charge in [0.2, 0.25) is 10.0 Å². The third-order valence-electron chi connectivity index (χ3n) is 2.30. The third-order valence-corrected chi connectivity index (χ3v) is 4.50. The van der Waals surface area contributed by atoms with Gasteiger partial charge in [0, 0.05) is 10.0 Å². The maximum atomic E-state index is 11.8. The predicted octanol–water partition coefficient (Wildman–Crippen LogP) is 2.23. The Morgan fingerprint density at radius 1 is 1.35 bits per heavy atom. The molecule has 0 heterocycles. The van der Waals surface area contributed by atoms with E-state index >= 15 is 0 Å². The van der Waals surface area contributed by atoms with Crippen molar-refractivity contribution >= 4 is 31.9 Å². The minimum Gasteiger partial charge on any atom is -0.268 e. The van der Waals surface area contributed by atoms with Gasteiger partial charge in [-0.3, -0.25) is 4.79 Å². The van der Waals surface area contributed by atoms with Crippen LogP contribution in [0.15, 0.2) is 22.7 Å². The maximum Gasteiger partial charge on any atom is 0.265 e. The zero-order valence-electron chi connectivity index (χ0n) is 9.82. The minimum absolute atomic E-state index is 0.351. The molecule has 0 fully saturated rings. The van der Waals surface area contributed by atoms with Gasteiger partial charge < -0.3 is 0 Å². The molecule has 0 aliphatic heterocycles. The average Bonchev–Trinajstić information content (AvgIpc) is 2.20. The van der Waals surface area contributed by atoms with Crippen LogP contribution in [-0.2, 0) is 10.0 Å². The molecule has 6 heteroatoms. The van der Waals surface area contributed by atoms with E-state index < -0.39 is 21.2 Å². The van der Waals surface area contributed by atoms with Crippen molar-refractivity contribution in [1.82, 2.24) is 4.72 Å². The highest BCUT2D eigenvalue weighted by Crippen LogP contribution is 2.16. The summed E-state index contributed by atoms with van der Waals surface area (Å²) in [5.74, 6) is -0.600. The standard InChI is InChI=1S/C11H14BrNO3S/c1-7(2)17(15,16)13-11(14)10-6-9(12)5-4-8(10)3/h4-7H,1-3H3,(H,13,14). The van der Waals surface area contributed by atoms with Crippen LogP contribution in [0.2, 0.25) is 0 Å². The highest BCUT2D eigenvalue weighted by molar-refractivity contribution is 9.10. The zero-order valence-corrected chi connectivity index (χ0v) is 12.2. The van der Waals surface area contributed by atoms with Crippen LogP contribution in [0.25, 0.3) is 0 Å². The molecule has 0 radical (unpaired) electrons. The SMILES string of the molecule is Cc1ccc(Br)cc1C(=O)NS(=O)(=O)C(C)C. The van der Waals surface area contributed by atoms with Gasteiger partial charge in [0.05, 0.1) is 5.25 Å². The number of sulfonamides is 1. The Morgan fingerprint density at radius 3 is 2.47 bits per heavy atom. The molecule has 0 unspecified atom stereocenters. The summed E-state index contributed by atoms with van der Waals surface area (Å²) in [6.45, 7) is 4.79. The number of nitrogens with one attached hydrogen (secondary N) is 1. The molecule has 17 heavy (non-hydrogen) atoms. The lowest BCUT2D eigenvalue weighted by Gasteiger charge is -2.11. The maximum absolute atomic E-state index is 11.8. The van der Waals surface area contributed by atoms with E-state index in [2.05, 4.69) is 20.7 Å². The van der Waals surface area contributed by atoms with E-state index in [1.165, 1.54) is 13.8 Å². The van der Waals surface area contributed by atoms with Crippen molar-refractivity contribution in [3.05, 3.63) is 33.8 Å². The summed E-state index contributed by atoms with van der Waals surface area (Å²) >= 11 is 3.24. The van der Waals surface area contributed by atoms with E-state index in [4.69, 9.17) is 0 Å². The first-order valence-electron chi connectivity index (χ1n) is 5.06. The van der Waals surface area contributed by atoms with Crippen LogP contribution in [-0.4, -0.2) is 19.6 Å². The molecule has 94 valence electrons. The first-order valence-corrected chi connectivity index (χ1v) is 7.40. The first-order chi connectivity index (χ1) is 7.74. The normalized spacial score (nSPS) is 11.6. The molecule has 0 saturated carbocycles. The third kappa shape index (κ3) is 3.54. The van der Waals surface area contributed by atoms with Crippen molar-refractivity contribution in [3.63, 3.8) is 0 Å². The van der Waals surface area contributed by atoms with E-state index in [1.54, 1.807) is 25.1 Å². The lowest BCUT2D eigenvalue weighted by Crippen LogP contribution is -2.36. The first kappa shape index (κ1) is 14.2. The summed E-state index contributed by atoms with van der Waals surface area (Å²) in [7, 11) is -3.59. The molecule has 1 N–H and O–H groups in total. The number of rotatable bonds is 3. The summed E-state index contributed by atoms with van der Waals surface area (Å²) in [5, 5.41) is -0.640. The van der Waals surface area contributed by atoms with E-state index in [-0.39, 0.29) is 0 Å². The molecule has 0 aliphatic rings. The van der Waals surface area contributed by atoms with Crippen LogP contribution < -0.4 is 4.72 Å². The van der Waals surface area contributed by atoms with Crippen LogP contribution >= 0.6 is 15.9 Å². The predicted molar refractivity (Wildman–Crippen MR) is 70.4 cm³/mol. The Hall–Kier alpha value is -0.880. The Bertz CT molecular complexity index is 538. The van der Waals surface area contributed by atoms with E-state index in [9.17, 15) is 13.2 Å². The fraction of sp³-hybridized carbons (Fsp3) is 0.364. The molecule has 1 rings (SSSR count). The zero-order chi connectivity index (χ0) is 13.2. The molecule has 0 bridgehead atoms. The van der Waals surface area contributed by atoms with E-state index in [0.29, 0.717) is 5.56 Å². The van der Waals surface area contributed by atoms with Gasteiger partial charge in [0.1, 0.15) is 0 Å². The molecule has 0 aromatic heterocycles. The number of carbonyl (C=O) groups is 1. The molecule has 1 amide bonds. The number of hydrogen-bond donors (Lipinski definition) is 1. The van der Waals surface area contributed by atoms with Crippen molar-refractivity contribution < 1.29 is 13.2 Å². The monoisotopic (exact) mass is 319 g/mol. The highest BCUT2D eigenvalue weighted by Gasteiger charge is 2.20. The Balaban J connectivity index is 3.03. The molecule has 1 aromatic carbocycles. The van der Waals surface area contributed by atoms with Gasteiger partial charge >= 0.3 is 0 Å². The van der Waals surface area contributed by atoms with Gasteiger partial charge in [-0.05, 0) is 38.5 Å². The lowest BCUT2D eigenvalue weighted by atomic mass is 10.1. The summed E-state index contributed by atoms with van der Waals surface area (Å²) in [6.07, 6.45) is 0. The Labute approximate surface area is 110 Å². The smallest absolute Gasteiger partial charge is 0.265 e. The number of halogens is 1. The quantitative estimate of drug-likeness (QED) is 0.929. The van der Waals surface area contributed by atoms with Gasteiger partial charge in [-0.15, -0.1) is 0 Å². The number of carbonyl (C=O) groups excluding carboxylic acids is 1. The lowest BCUT2D eigenvalue weighted by molar-refractivity contribution is 0.0980. The number of amides is 1. The van der Waals surface area contributed by atoms with Crippen LogP contribution in [0.1, 0.15) is 29.8 Å². The van der Waals surface area contributed by atoms with Gasteiger partial charge in [0.15, 0.2) is 0 Å². The van der Waals surface area contributed by atoms with Gasteiger partial charge in [0.25, 0.3) is 5.91 Å². The fourth-order valence-corrected chi connectivity index (χ4v) is 2.11. The molecular weight excluding hydrogens is 306 g/mol. The van der Waals surface area contributed by atoms with Gasteiger partial charge in [-0.25, -0.2) is 13.1 Å². The number of hydrogen-bond acceptors (Lipinski definition) is 3. The molecule has 4 nitrogen and oxygen atoms in total.